The first-order valence-corrected chi connectivity index (χ1v) is 6.62. The Morgan fingerprint density at radius 2 is 2.11 bits per heavy atom. The topological polar surface area (TPSA) is 67.9 Å². The highest BCUT2D eigenvalue weighted by molar-refractivity contribution is 4.73. The summed E-state index contributed by atoms with van der Waals surface area (Å²) < 4.78 is 4.89. The first-order valence-electron chi connectivity index (χ1n) is 6.62. The predicted molar refractivity (Wildman–Crippen MR) is 71.3 cm³/mol. The predicted octanol–water partition coefficient (Wildman–Crippen LogP) is 2.83. The molecule has 0 saturated carbocycles. The lowest BCUT2D eigenvalue weighted by Crippen LogP contribution is -2.27. The maximum absolute atomic E-state index is 11.4. The van der Waals surface area contributed by atoms with E-state index in [0.717, 1.165) is 12.8 Å². The summed E-state index contributed by atoms with van der Waals surface area (Å²) in [4.78, 5) is 0.510. The first-order chi connectivity index (χ1) is 8.61. The van der Waals surface area contributed by atoms with Gasteiger partial charge in [0.25, 0.3) is 0 Å². The number of unbranched alkanes of at least 4 members (excludes halogenated alkanes) is 4. The van der Waals surface area contributed by atoms with E-state index in [1.54, 1.807) is 6.92 Å². The van der Waals surface area contributed by atoms with Crippen molar-refractivity contribution in [2.45, 2.75) is 58.1 Å². The third-order valence-electron chi connectivity index (χ3n) is 2.61. The molecule has 2 atom stereocenters. The minimum absolute atomic E-state index is 0.237. The summed E-state index contributed by atoms with van der Waals surface area (Å²) in [6, 6.07) is -0.516. The summed E-state index contributed by atoms with van der Waals surface area (Å²) >= 11 is 0. The van der Waals surface area contributed by atoms with Crippen LogP contribution in [-0.4, -0.2) is 35.8 Å². The van der Waals surface area contributed by atoms with Gasteiger partial charge in [-0.15, -0.1) is 0 Å². The normalized spacial score (nSPS) is 16.1. The van der Waals surface area contributed by atoms with Crippen LogP contribution in [0.5, 0.6) is 0 Å². The number of aliphatic hydroxyl groups is 1. The molecule has 1 N–H and O–H groups in total. The molecule has 18 heavy (non-hydrogen) atoms. The zero-order valence-electron chi connectivity index (χ0n) is 11.7. The van der Waals surface area contributed by atoms with Gasteiger partial charge in [0.15, 0.2) is 6.04 Å². The quantitative estimate of drug-likeness (QED) is 0.283. The number of ether oxygens (including phenoxy) is 1. The summed E-state index contributed by atoms with van der Waals surface area (Å²) in [6.07, 6.45) is 8.14. The second-order valence-corrected chi connectivity index (χ2v) is 4.42. The first kappa shape index (κ1) is 17.1. The third kappa shape index (κ3) is 9.13. The number of hydroxylamine groups is 1. The summed E-state index contributed by atoms with van der Waals surface area (Å²) in [5.41, 5.74) is 0. The Morgan fingerprint density at radius 1 is 1.39 bits per heavy atom. The number of azo groups is 1. The second kappa shape index (κ2) is 11.2. The Labute approximate surface area is 110 Å². The lowest BCUT2D eigenvalue weighted by molar-refractivity contribution is -0.464. The molecule has 5 heteroatoms. The van der Waals surface area contributed by atoms with Crippen LogP contribution < -0.4 is 0 Å². The van der Waals surface area contributed by atoms with Gasteiger partial charge in [0.1, 0.15) is 0 Å². The van der Waals surface area contributed by atoms with Crippen LogP contribution in [-0.2, 0) is 4.74 Å². The second-order valence-electron chi connectivity index (χ2n) is 4.42. The van der Waals surface area contributed by atoms with Crippen LogP contribution in [0, 0.1) is 5.21 Å². The number of aliphatic hydroxyl groups excluding tert-OH is 1. The van der Waals surface area contributed by atoms with Crippen LogP contribution in [0.15, 0.2) is 17.4 Å². The number of hydrogen-bond donors (Lipinski definition) is 1. The van der Waals surface area contributed by atoms with Crippen molar-refractivity contribution in [2.24, 2.45) is 5.11 Å². The fourth-order valence-corrected chi connectivity index (χ4v) is 1.48. The van der Waals surface area contributed by atoms with Crippen LogP contribution in [0.3, 0.4) is 0 Å². The van der Waals surface area contributed by atoms with E-state index in [1.807, 2.05) is 6.08 Å². The molecule has 0 aliphatic carbocycles. The third-order valence-corrected chi connectivity index (χ3v) is 2.61. The minimum Gasteiger partial charge on any atom is -0.595 e. The molecular formula is C13H26N2O3. The fourth-order valence-electron chi connectivity index (χ4n) is 1.48. The number of rotatable bonds is 10. The average molecular weight is 258 g/mol. The summed E-state index contributed by atoms with van der Waals surface area (Å²) in [6.45, 7) is 4.00. The molecule has 0 aliphatic rings. The van der Waals surface area contributed by atoms with E-state index in [0.29, 0.717) is 4.86 Å². The van der Waals surface area contributed by atoms with Crippen LogP contribution in [0.25, 0.3) is 0 Å². The zero-order chi connectivity index (χ0) is 13.8. The zero-order valence-corrected chi connectivity index (χ0v) is 11.7. The van der Waals surface area contributed by atoms with Gasteiger partial charge in [0.2, 0.25) is 6.20 Å². The van der Waals surface area contributed by atoms with Crippen molar-refractivity contribution in [3.8, 4) is 0 Å². The monoisotopic (exact) mass is 258 g/mol. The van der Waals surface area contributed by atoms with Crippen molar-refractivity contribution in [3.63, 3.8) is 0 Å². The van der Waals surface area contributed by atoms with E-state index in [4.69, 9.17) is 4.74 Å². The van der Waals surface area contributed by atoms with Crippen LogP contribution >= 0.6 is 0 Å². The van der Waals surface area contributed by atoms with Gasteiger partial charge in [-0.1, -0.05) is 31.0 Å². The number of hydrogen-bond acceptors (Lipinski definition) is 4. The summed E-state index contributed by atoms with van der Waals surface area (Å²) in [7, 11) is 1.52. The number of nitrogens with zero attached hydrogens (tertiary/aromatic N) is 2. The molecule has 0 rings (SSSR count). The van der Waals surface area contributed by atoms with E-state index < -0.39 is 12.1 Å². The minimum atomic E-state index is -0.695. The maximum Gasteiger partial charge on any atom is 0.205 e. The molecule has 0 aromatic heterocycles. The highest BCUT2D eigenvalue weighted by Gasteiger charge is 2.17. The van der Waals surface area contributed by atoms with Crippen molar-refractivity contribution in [1.82, 2.24) is 0 Å². The lowest BCUT2D eigenvalue weighted by Gasteiger charge is -2.11. The van der Waals surface area contributed by atoms with Gasteiger partial charge in [0.05, 0.1) is 12.7 Å². The molecule has 0 amide bonds. The molecule has 0 heterocycles. The Hall–Kier alpha value is -0.940. The molecule has 0 aliphatic heterocycles. The summed E-state index contributed by atoms with van der Waals surface area (Å²) in [5, 5.41) is 24.6. The molecule has 0 aromatic rings. The molecule has 5 nitrogen and oxygen atoms in total. The van der Waals surface area contributed by atoms with Crippen LogP contribution in [0.1, 0.15) is 46.0 Å². The van der Waals surface area contributed by atoms with Crippen molar-refractivity contribution in [1.29, 1.82) is 0 Å². The molecule has 0 fully saturated rings. The van der Waals surface area contributed by atoms with E-state index in [-0.39, 0.29) is 6.61 Å². The molecule has 106 valence electrons. The van der Waals surface area contributed by atoms with Crippen LogP contribution in [0.4, 0.5) is 0 Å². The number of methoxy groups -OCH3 is 1. The standard InChI is InChI=1S/C13H26N2O3/c1-4-5-6-7-8-9-10-15(17)14-13(11-18-3)12(2)16/h9-10,12-13,16H,4-8,11H2,1-3H3/b10-9-,15-14?/t12-,13-/m0/s1. The smallest absolute Gasteiger partial charge is 0.205 e. The molecule has 0 unspecified atom stereocenters. The van der Waals surface area contributed by atoms with Crippen molar-refractivity contribution < 1.29 is 14.7 Å². The molecule has 0 saturated heterocycles. The molecule has 0 aromatic carbocycles. The highest BCUT2D eigenvalue weighted by atomic mass is 16.5. The van der Waals surface area contributed by atoms with Crippen molar-refractivity contribution in [3.05, 3.63) is 17.5 Å². The Bertz CT molecular complexity index is 253. The molecular weight excluding hydrogens is 232 g/mol. The maximum atomic E-state index is 11.4. The molecule has 0 spiro atoms. The van der Waals surface area contributed by atoms with Gasteiger partial charge >= 0.3 is 0 Å². The Morgan fingerprint density at radius 3 is 2.67 bits per heavy atom. The van der Waals surface area contributed by atoms with Gasteiger partial charge < -0.3 is 15.1 Å². The van der Waals surface area contributed by atoms with Crippen molar-refractivity contribution >= 4 is 0 Å². The molecule has 0 bridgehead atoms. The highest BCUT2D eigenvalue weighted by Crippen LogP contribution is 2.04. The van der Waals surface area contributed by atoms with Gasteiger partial charge in [-0.25, -0.2) is 0 Å². The summed E-state index contributed by atoms with van der Waals surface area (Å²) in [5.74, 6) is 0. The van der Waals surface area contributed by atoms with Gasteiger partial charge in [0, 0.05) is 7.11 Å². The molecule has 0 radical (unpaired) electrons. The average Bonchev–Trinajstić information content (AvgIpc) is 2.33. The van der Waals surface area contributed by atoms with Gasteiger partial charge in [-0.2, -0.15) is 0 Å². The van der Waals surface area contributed by atoms with Gasteiger partial charge in [-0.3, -0.25) is 0 Å². The largest absolute Gasteiger partial charge is 0.595 e. The van der Waals surface area contributed by atoms with E-state index >= 15 is 0 Å². The Balaban J connectivity index is 4.02. The SMILES string of the molecule is CCCCCC/C=C\[N+]([O-])=N[C@@H](COC)[C@H](C)O. The van der Waals surface area contributed by atoms with Crippen LogP contribution in [0.2, 0.25) is 0 Å². The fraction of sp³-hybridized carbons (Fsp3) is 0.846. The Kier molecular flexibility index (Phi) is 10.6. The lowest BCUT2D eigenvalue weighted by atomic mass is 10.1. The van der Waals surface area contributed by atoms with Gasteiger partial charge in [-0.05, 0) is 31.0 Å². The van der Waals surface area contributed by atoms with E-state index in [1.165, 1.54) is 32.6 Å². The van der Waals surface area contributed by atoms with Crippen molar-refractivity contribution in [2.75, 3.05) is 13.7 Å². The number of allylic oxidation sites excluding steroid dienone is 1. The van der Waals surface area contributed by atoms with E-state index in [2.05, 4.69) is 12.0 Å². The van der Waals surface area contributed by atoms with E-state index in [9.17, 15) is 10.3 Å².